The van der Waals surface area contributed by atoms with Gasteiger partial charge in [0.15, 0.2) is 0 Å². The van der Waals surface area contributed by atoms with E-state index in [4.69, 9.17) is 9.47 Å². The van der Waals surface area contributed by atoms with Gasteiger partial charge in [-0.3, -0.25) is 0 Å². The summed E-state index contributed by atoms with van der Waals surface area (Å²) in [4.78, 5) is 0. The van der Waals surface area contributed by atoms with E-state index in [2.05, 4.69) is 116 Å². The molecule has 174 valence electrons. The largest absolute Gasteiger partial charge is 0.496 e. The van der Waals surface area contributed by atoms with Crippen molar-refractivity contribution in [1.82, 2.24) is 0 Å². The summed E-state index contributed by atoms with van der Waals surface area (Å²) >= 11 is 0. The summed E-state index contributed by atoms with van der Waals surface area (Å²) in [5.41, 5.74) is 0. The molecular formula is C30H32O2P2. The number of rotatable bonds is 10. The first kappa shape index (κ1) is 24.5. The Morgan fingerprint density at radius 1 is 0.559 bits per heavy atom. The highest BCUT2D eigenvalue weighted by Crippen LogP contribution is 2.59. The average Bonchev–Trinajstić information content (AvgIpc) is 2.91. The number of hydrogen-bond donors (Lipinski definition) is 0. The summed E-state index contributed by atoms with van der Waals surface area (Å²) in [6, 6.07) is 39.2. The highest BCUT2D eigenvalue weighted by Gasteiger charge is 2.35. The molecular weight excluding hydrogens is 454 g/mol. The summed E-state index contributed by atoms with van der Waals surface area (Å²) in [6.45, 7) is 2.30. The summed E-state index contributed by atoms with van der Waals surface area (Å²) < 4.78 is 11.8. The third kappa shape index (κ3) is 5.35. The second-order valence-electron chi connectivity index (χ2n) is 8.02. The van der Waals surface area contributed by atoms with Crippen LogP contribution in [0.4, 0.5) is 0 Å². The maximum absolute atomic E-state index is 5.91. The molecule has 0 fully saturated rings. The molecule has 0 radical (unpaired) electrons. The van der Waals surface area contributed by atoms with Crippen LogP contribution in [0.5, 0.6) is 11.5 Å². The third-order valence-corrected chi connectivity index (χ3v) is 12.5. The Morgan fingerprint density at radius 2 is 0.941 bits per heavy atom. The molecule has 0 spiro atoms. The van der Waals surface area contributed by atoms with Gasteiger partial charge in [-0.25, -0.2) is 0 Å². The van der Waals surface area contributed by atoms with Crippen molar-refractivity contribution in [2.24, 2.45) is 0 Å². The van der Waals surface area contributed by atoms with E-state index in [0.29, 0.717) is 5.40 Å². The van der Waals surface area contributed by atoms with Crippen molar-refractivity contribution in [3.8, 4) is 11.5 Å². The number of para-hydroxylation sites is 2. The van der Waals surface area contributed by atoms with Gasteiger partial charge in [-0.15, -0.1) is 0 Å². The van der Waals surface area contributed by atoms with Crippen molar-refractivity contribution in [2.45, 2.75) is 25.2 Å². The first-order valence-electron chi connectivity index (χ1n) is 11.7. The van der Waals surface area contributed by atoms with Gasteiger partial charge in [-0.1, -0.05) is 110 Å². The predicted molar refractivity (Wildman–Crippen MR) is 150 cm³/mol. The lowest BCUT2D eigenvalue weighted by Gasteiger charge is -2.36. The van der Waals surface area contributed by atoms with Crippen LogP contribution in [0, 0.1) is 0 Å². The maximum Gasteiger partial charge on any atom is 0.126 e. The molecule has 34 heavy (non-hydrogen) atoms. The Kier molecular flexibility index (Phi) is 8.75. The van der Waals surface area contributed by atoms with Crippen LogP contribution in [0.15, 0.2) is 109 Å². The average molecular weight is 487 g/mol. The predicted octanol–water partition coefficient (Wildman–Crippen LogP) is 6.40. The molecule has 4 aromatic rings. The van der Waals surface area contributed by atoms with E-state index in [0.717, 1.165) is 24.3 Å². The minimum atomic E-state index is -0.703. The third-order valence-electron chi connectivity index (χ3n) is 5.90. The summed E-state index contributed by atoms with van der Waals surface area (Å²) in [5, 5.41) is 5.82. The van der Waals surface area contributed by atoms with E-state index in [-0.39, 0.29) is 0 Å². The van der Waals surface area contributed by atoms with Gasteiger partial charge in [-0.2, -0.15) is 0 Å². The van der Waals surface area contributed by atoms with Crippen LogP contribution in [0.25, 0.3) is 0 Å². The van der Waals surface area contributed by atoms with Gasteiger partial charge >= 0.3 is 0 Å². The van der Waals surface area contributed by atoms with Crippen LogP contribution in [-0.4, -0.2) is 19.6 Å². The Morgan fingerprint density at radius 3 is 1.32 bits per heavy atom. The fraction of sp³-hybridized carbons (Fsp3) is 0.200. The Balaban J connectivity index is 1.98. The molecule has 2 unspecified atom stereocenters. The molecule has 2 atom stereocenters. The SMILES string of the molecule is CCCC(P(c1ccccc1)c1ccccc1OC)P(c1ccccc1)c1ccccc1OC. The minimum absolute atomic E-state index is 0.424. The molecule has 0 aromatic heterocycles. The highest BCUT2D eigenvalue weighted by atomic mass is 31.2. The molecule has 4 aromatic carbocycles. The molecule has 4 heteroatoms. The van der Waals surface area contributed by atoms with Crippen LogP contribution < -0.4 is 30.7 Å². The molecule has 2 nitrogen and oxygen atoms in total. The normalized spacial score (nSPS) is 13.6. The zero-order chi connectivity index (χ0) is 23.8. The van der Waals surface area contributed by atoms with Crippen LogP contribution >= 0.6 is 15.8 Å². The van der Waals surface area contributed by atoms with Crippen LogP contribution in [0.3, 0.4) is 0 Å². The first-order chi connectivity index (χ1) is 16.8. The van der Waals surface area contributed by atoms with Gasteiger partial charge in [0.05, 0.1) is 14.2 Å². The summed E-state index contributed by atoms with van der Waals surface area (Å²) in [6.07, 6.45) is 2.24. The number of ether oxygens (including phenoxy) is 2. The van der Waals surface area contributed by atoms with Crippen molar-refractivity contribution in [3.05, 3.63) is 109 Å². The molecule has 0 amide bonds. The molecule has 0 heterocycles. The number of benzene rings is 4. The van der Waals surface area contributed by atoms with E-state index < -0.39 is 15.8 Å². The second kappa shape index (κ2) is 12.2. The first-order valence-corrected chi connectivity index (χ1v) is 14.5. The molecule has 4 rings (SSSR count). The fourth-order valence-corrected chi connectivity index (χ4v) is 12.1. The molecule has 0 aliphatic carbocycles. The van der Waals surface area contributed by atoms with Gasteiger partial charge < -0.3 is 9.47 Å². The van der Waals surface area contributed by atoms with E-state index >= 15 is 0 Å². The topological polar surface area (TPSA) is 18.5 Å². The van der Waals surface area contributed by atoms with Gasteiger partial charge in [0.1, 0.15) is 11.5 Å². The van der Waals surface area contributed by atoms with Crippen molar-refractivity contribution < 1.29 is 9.47 Å². The molecule has 0 aliphatic rings. The lowest BCUT2D eigenvalue weighted by molar-refractivity contribution is 0.418. The number of methoxy groups -OCH3 is 2. The molecule has 0 saturated carbocycles. The van der Waals surface area contributed by atoms with Crippen molar-refractivity contribution in [1.29, 1.82) is 0 Å². The zero-order valence-corrected chi connectivity index (χ0v) is 21.9. The Hall–Kier alpha value is -2.66. The zero-order valence-electron chi connectivity index (χ0n) is 20.1. The molecule has 0 saturated heterocycles. The van der Waals surface area contributed by atoms with E-state index in [1.165, 1.54) is 21.2 Å². The van der Waals surface area contributed by atoms with Crippen LogP contribution in [-0.2, 0) is 0 Å². The van der Waals surface area contributed by atoms with E-state index in [9.17, 15) is 0 Å². The van der Waals surface area contributed by atoms with Crippen molar-refractivity contribution in [3.63, 3.8) is 0 Å². The van der Waals surface area contributed by atoms with Gasteiger partial charge in [0.2, 0.25) is 0 Å². The van der Waals surface area contributed by atoms with Gasteiger partial charge in [0.25, 0.3) is 0 Å². The summed E-state index contributed by atoms with van der Waals surface area (Å²) in [7, 11) is 2.16. The standard InChI is InChI=1S/C30H32O2P2/c1-4-15-30(33(24-16-7-5-8-17-24)28-22-13-11-20-26(28)31-2)34(25-18-9-6-10-19-25)29-23-14-12-21-27(29)32-3/h5-14,16-23,30H,4,15H2,1-3H3. The minimum Gasteiger partial charge on any atom is -0.496 e. The molecule has 0 N–H and O–H groups in total. The smallest absolute Gasteiger partial charge is 0.126 e. The Labute approximate surface area is 206 Å². The highest BCUT2D eigenvalue weighted by molar-refractivity contribution is 7.89. The van der Waals surface area contributed by atoms with Crippen molar-refractivity contribution >= 4 is 37.1 Å². The number of hydrogen-bond acceptors (Lipinski definition) is 2. The molecule has 0 bridgehead atoms. The van der Waals surface area contributed by atoms with Gasteiger partial charge in [0, 0.05) is 16.0 Å². The second-order valence-corrected chi connectivity index (χ2v) is 13.2. The van der Waals surface area contributed by atoms with Crippen LogP contribution in [0.1, 0.15) is 19.8 Å². The van der Waals surface area contributed by atoms with E-state index in [1.54, 1.807) is 14.2 Å². The lowest BCUT2D eigenvalue weighted by atomic mass is 10.3. The molecule has 0 aliphatic heterocycles. The summed E-state index contributed by atoms with van der Waals surface area (Å²) in [5.74, 6) is 1.95. The fourth-order valence-electron chi connectivity index (χ4n) is 4.41. The Bertz CT molecular complexity index is 1070. The monoisotopic (exact) mass is 486 g/mol. The van der Waals surface area contributed by atoms with E-state index in [1.807, 2.05) is 0 Å². The quantitative estimate of drug-likeness (QED) is 0.242. The maximum atomic E-state index is 5.91. The van der Waals surface area contributed by atoms with Crippen LogP contribution in [0.2, 0.25) is 0 Å². The van der Waals surface area contributed by atoms with Gasteiger partial charge in [-0.05, 0) is 45.0 Å². The van der Waals surface area contributed by atoms with Crippen molar-refractivity contribution in [2.75, 3.05) is 14.2 Å². The lowest BCUT2D eigenvalue weighted by Crippen LogP contribution is -2.28.